The summed E-state index contributed by atoms with van der Waals surface area (Å²) in [5.41, 5.74) is 0.401. The van der Waals surface area contributed by atoms with E-state index in [-0.39, 0.29) is 16.2 Å². The lowest BCUT2D eigenvalue weighted by atomic mass is 10.1. The molecule has 1 heterocycles. The first-order valence-corrected chi connectivity index (χ1v) is 9.63. The fraction of sp³-hybridized carbons (Fsp3) is 0.167. The van der Waals surface area contributed by atoms with Crippen LogP contribution in [0, 0.1) is 0 Å². The van der Waals surface area contributed by atoms with Crippen molar-refractivity contribution in [2.75, 3.05) is 6.26 Å². The quantitative estimate of drug-likeness (QED) is 0.579. The summed E-state index contributed by atoms with van der Waals surface area (Å²) in [4.78, 5) is 0.0904. The lowest BCUT2D eigenvalue weighted by Gasteiger charge is -2.09. The average Bonchev–Trinajstić information content (AvgIpc) is 3.07. The van der Waals surface area contributed by atoms with Crippen LogP contribution < -0.4 is 0 Å². The van der Waals surface area contributed by atoms with E-state index >= 15 is 0 Å². The third-order valence-corrected chi connectivity index (χ3v) is 5.05. The predicted molar refractivity (Wildman–Crippen MR) is 92.0 cm³/mol. The van der Waals surface area contributed by atoms with Crippen molar-refractivity contribution in [3.05, 3.63) is 65.9 Å². The summed E-state index contributed by atoms with van der Waals surface area (Å²) in [7, 11) is -3.40. The summed E-state index contributed by atoms with van der Waals surface area (Å²) in [6, 6.07) is 12.0. The van der Waals surface area contributed by atoms with Crippen molar-refractivity contribution < 1.29 is 26.0 Å². The van der Waals surface area contributed by atoms with E-state index in [2.05, 4.69) is 5.10 Å². The highest BCUT2D eigenvalue weighted by Crippen LogP contribution is 2.29. The van der Waals surface area contributed by atoms with Gasteiger partial charge in [0.25, 0.3) is 12.9 Å². The van der Waals surface area contributed by atoms with E-state index in [1.165, 1.54) is 59.3 Å². The zero-order chi connectivity index (χ0) is 19.8. The van der Waals surface area contributed by atoms with E-state index in [9.17, 15) is 26.0 Å². The Labute approximate surface area is 153 Å². The maximum absolute atomic E-state index is 13.1. The van der Waals surface area contributed by atoms with E-state index < -0.39 is 28.4 Å². The fourth-order valence-corrected chi connectivity index (χ4v) is 3.17. The summed E-state index contributed by atoms with van der Waals surface area (Å²) < 4.78 is 76.1. The molecular weight excluding hydrogens is 384 g/mol. The smallest absolute Gasteiger partial charge is 0.233 e. The van der Waals surface area contributed by atoms with Gasteiger partial charge in [-0.15, -0.1) is 0 Å². The molecule has 0 aliphatic rings. The van der Waals surface area contributed by atoms with Gasteiger partial charge < -0.3 is 0 Å². The van der Waals surface area contributed by atoms with E-state index in [0.29, 0.717) is 11.3 Å². The minimum Gasteiger partial charge on any atom is -0.233 e. The molecule has 0 fully saturated rings. The molecule has 3 rings (SSSR count). The van der Waals surface area contributed by atoms with Crippen LogP contribution in [0.2, 0.25) is 0 Å². The number of hydrogen-bond acceptors (Lipinski definition) is 3. The van der Waals surface area contributed by atoms with Gasteiger partial charge in [-0.2, -0.15) is 5.10 Å². The predicted octanol–water partition coefficient (Wildman–Crippen LogP) is 4.82. The van der Waals surface area contributed by atoms with Gasteiger partial charge in [0.1, 0.15) is 5.69 Å². The molecule has 0 aliphatic heterocycles. The van der Waals surface area contributed by atoms with Crippen LogP contribution in [-0.2, 0) is 9.84 Å². The molecule has 0 amide bonds. The second kappa shape index (κ2) is 7.15. The molecule has 3 aromatic rings. The third-order valence-electron chi connectivity index (χ3n) is 3.92. The Morgan fingerprint density at radius 3 is 1.96 bits per heavy atom. The molecule has 0 saturated carbocycles. The Morgan fingerprint density at radius 1 is 0.889 bits per heavy atom. The largest absolute Gasteiger partial charge is 0.282 e. The molecule has 0 N–H and O–H groups in total. The van der Waals surface area contributed by atoms with Crippen molar-refractivity contribution in [1.82, 2.24) is 9.78 Å². The first-order chi connectivity index (χ1) is 12.7. The van der Waals surface area contributed by atoms with Crippen molar-refractivity contribution in [2.24, 2.45) is 0 Å². The summed E-state index contributed by atoms with van der Waals surface area (Å²) in [6.07, 6.45) is -4.40. The Balaban J connectivity index is 2.09. The van der Waals surface area contributed by atoms with Crippen molar-refractivity contribution in [3.63, 3.8) is 0 Å². The minimum absolute atomic E-state index is 0.0904. The molecule has 1 aromatic heterocycles. The van der Waals surface area contributed by atoms with E-state index in [1.54, 1.807) is 0 Å². The van der Waals surface area contributed by atoms with Gasteiger partial charge in [-0.3, -0.25) is 0 Å². The van der Waals surface area contributed by atoms with Gasteiger partial charge in [0.2, 0.25) is 0 Å². The fourth-order valence-electron chi connectivity index (χ4n) is 2.54. The lowest BCUT2D eigenvalue weighted by Crippen LogP contribution is -2.01. The topological polar surface area (TPSA) is 52.0 Å². The van der Waals surface area contributed by atoms with Gasteiger partial charge in [-0.05, 0) is 30.3 Å². The van der Waals surface area contributed by atoms with Crippen LogP contribution in [0.25, 0.3) is 16.9 Å². The van der Waals surface area contributed by atoms with Crippen LogP contribution in [0.3, 0.4) is 0 Å². The first kappa shape index (κ1) is 19.1. The number of halogens is 4. The van der Waals surface area contributed by atoms with Gasteiger partial charge in [-0.25, -0.2) is 30.7 Å². The second-order valence-electron chi connectivity index (χ2n) is 5.86. The summed E-state index contributed by atoms with van der Waals surface area (Å²) in [5.74, 6) is 0. The summed E-state index contributed by atoms with van der Waals surface area (Å²) in [6.45, 7) is 0. The molecule has 0 saturated heterocycles. The minimum atomic E-state index is -3.40. The van der Waals surface area contributed by atoms with E-state index in [1.807, 2.05) is 0 Å². The van der Waals surface area contributed by atoms with Crippen LogP contribution in [0.4, 0.5) is 17.6 Å². The number of aromatic nitrogens is 2. The van der Waals surface area contributed by atoms with Crippen LogP contribution in [0.1, 0.15) is 24.1 Å². The Hall–Kier alpha value is -2.68. The van der Waals surface area contributed by atoms with E-state index in [4.69, 9.17) is 0 Å². The normalized spacial score (nSPS) is 12.1. The average molecular weight is 398 g/mol. The lowest BCUT2D eigenvalue weighted by molar-refractivity contribution is 0.145. The molecule has 0 radical (unpaired) electrons. The number of hydrogen-bond donors (Lipinski definition) is 0. The standard InChI is InChI=1S/C18H14F4N2O2S/c1-27(25,26)14-8-4-11(5-9-14)16-10-15(18(21)22)23-24(16)13-6-2-12(3-7-13)17(19)20/h2-10,17-18H,1H3. The maximum Gasteiger partial charge on any atom is 0.282 e. The van der Waals surface area contributed by atoms with Gasteiger partial charge in [-0.1, -0.05) is 24.3 Å². The number of benzene rings is 2. The van der Waals surface area contributed by atoms with Gasteiger partial charge in [0.05, 0.1) is 16.3 Å². The highest BCUT2D eigenvalue weighted by molar-refractivity contribution is 7.90. The molecule has 142 valence electrons. The van der Waals surface area contributed by atoms with Gasteiger partial charge in [0, 0.05) is 17.4 Å². The molecule has 0 bridgehead atoms. The second-order valence-corrected chi connectivity index (χ2v) is 7.87. The zero-order valence-corrected chi connectivity index (χ0v) is 14.8. The monoisotopic (exact) mass is 398 g/mol. The van der Waals surface area contributed by atoms with Gasteiger partial charge in [0.15, 0.2) is 9.84 Å². The molecule has 27 heavy (non-hydrogen) atoms. The molecule has 0 aliphatic carbocycles. The van der Waals surface area contributed by atoms with Crippen molar-refractivity contribution in [3.8, 4) is 16.9 Å². The van der Waals surface area contributed by atoms with Crippen LogP contribution in [-0.4, -0.2) is 24.5 Å². The number of rotatable bonds is 5. The highest BCUT2D eigenvalue weighted by atomic mass is 32.2. The number of sulfone groups is 1. The van der Waals surface area contributed by atoms with E-state index in [0.717, 1.165) is 6.26 Å². The molecule has 0 atom stereocenters. The zero-order valence-electron chi connectivity index (χ0n) is 14.0. The van der Waals surface area contributed by atoms with Crippen LogP contribution in [0.15, 0.2) is 59.5 Å². The Kier molecular flexibility index (Phi) is 5.05. The molecule has 9 heteroatoms. The molecule has 2 aromatic carbocycles. The summed E-state index contributed by atoms with van der Waals surface area (Å²) >= 11 is 0. The molecular formula is C18H14F4N2O2S. The summed E-state index contributed by atoms with van der Waals surface area (Å²) in [5, 5.41) is 3.86. The van der Waals surface area contributed by atoms with Gasteiger partial charge >= 0.3 is 0 Å². The third kappa shape index (κ3) is 4.02. The van der Waals surface area contributed by atoms with Crippen molar-refractivity contribution in [2.45, 2.75) is 17.7 Å². The maximum atomic E-state index is 13.1. The van der Waals surface area contributed by atoms with Crippen LogP contribution >= 0.6 is 0 Å². The van der Waals surface area contributed by atoms with Crippen molar-refractivity contribution in [1.29, 1.82) is 0 Å². The first-order valence-electron chi connectivity index (χ1n) is 7.74. The Morgan fingerprint density at radius 2 is 1.48 bits per heavy atom. The molecule has 0 spiro atoms. The van der Waals surface area contributed by atoms with Crippen LogP contribution in [0.5, 0.6) is 0 Å². The number of nitrogens with zero attached hydrogens (tertiary/aromatic N) is 2. The molecule has 4 nitrogen and oxygen atoms in total. The SMILES string of the molecule is CS(=O)(=O)c1ccc(-c2cc(C(F)F)nn2-c2ccc(C(F)F)cc2)cc1. The number of alkyl halides is 4. The van der Waals surface area contributed by atoms with Crippen molar-refractivity contribution >= 4 is 9.84 Å². The Bertz CT molecular complexity index is 1040. The highest BCUT2D eigenvalue weighted by Gasteiger charge is 2.18. The molecule has 0 unspecified atom stereocenters.